The van der Waals surface area contributed by atoms with Crippen molar-refractivity contribution in [3.63, 3.8) is 0 Å². The molecule has 0 aliphatic carbocycles. The van der Waals surface area contributed by atoms with Gasteiger partial charge < -0.3 is 9.26 Å². The van der Waals surface area contributed by atoms with Gasteiger partial charge in [-0.15, -0.1) is 0 Å². The summed E-state index contributed by atoms with van der Waals surface area (Å²) in [7, 11) is 1.61. The van der Waals surface area contributed by atoms with Crippen LogP contribution in [-0.4, -0.2) is 47.1 Å². The minimum Gasteiger partial charge on any atom is -0.384 e. The number of aromatic nitrogens is 2. The zero-order chi connectivity index (χ0) is 16.2. The number of ether oxygens (including phenoxy) is 1. The van der Waals surface area contributed by atoms with Crippen LogP contribution in [0.25, 0.3) is 0 Å². The highest BCUT2D eigenvalue weighted by Gasteiger charge is 2.34. The number of benzene rings is 1. The molecule has 0 atom stereocenters. The van der Waals surface area contributed by atoms with E-state index >= 15 is 0 Å². The lowest BCUT2D eigenvalue weighted by atomic mass is 10.1. The second-order valence-corrected chi connectivity index (χ2v) is 5.26. The van der Waals surface area contributed by atoms with Gasteiger partial charge in [0.25, 0.3) is 11.8 Å². The summed E-state index contributed by atoms with van der Waals surface area (Å²) in [4.78, 5) is 29.9. The number of aryl methyl sites for hydroxylation is 1. The molecule has 120 valence electrons. The number of fused-ring (bicyclic) bond motifs is 1. The molecule has 7 heteroatoms. The second kappa shape index (κ2) is 6.70. The molecule has 0 radical (unpaired) electrons. The number of carbonyl (C=O) groups excluding carboxylic acids is 2. The van der Waals surface area contributed by atoms with Crippen LogP contribution in [0.1, 0.15) is 38.9 Å². The van der Waals surface area contributed by atoms with Crippen molar-refractivity contribution in [2.45, 2.75) is 19.3 Å². The SMILES string of the molecule is COCCc1noc(CCCN2C(=O)c3ccccc3C2=O)n1. The number of methoxy groups -OCH3 is 1. The lowest BCUT2D eigenvalue weighted by Gasteiger charge is -2.12. The molecule has 0 unspecified atom stereocenters. The summed E-state index contributed by atoms with van der Waals surface area (Å²) >= 11 is 0. The zero-order valence-corrected chi connectivity index (χ0v) is 12.8. The van der Waals surface area contributed by atoms with Crippen LogP contribution in [0.5, 0.6) is 0 Å². The lowest BCUT2D eigenvalue weighted by Crippen LogP contribution is -2.30. The van der Waals surface area contributed by atoms with E-state index in [2.05, 4.69) is 10.1 Å². The predicted octanol–water partition coefficient (Wildman–Crippen LogP) is 1.49. The van der Waals surface area contributed by atoms with Crippen molar-refractivity contribution in [2.75, 3.05) is 20.3 Å². The average Bonchev–Trinajstić information content (AvgIpc) is 3.12. The quantitative estimate of drug-likeness (QED) is 0.720. The smallest absolute Gasteiger partial charge is 0.261 e. The van der Waals surface area contributed by atoms with Gasteiger partial charge in [-0.25, -0.2) is 0 Å². The van der Waals surface area contributed by atoms with Gasteiger partial charge in [-0.05, 0) is 18.6 Å². The summed E-state index contributed by atoms with van der Waals surface area (Å²) in [5.74, 6) is 0.629. The van der Waals surface area contributed by atoms with Gasteiger partial charge in [0.1, 0.15) is 0 Å². The molecule has 3 rings (SSSR count). The second-order valence-electron chi connectivity index (χ2n) is 5.26. The maximum absolute atomic E-state index is 12.2. The van der Waals surface area contributed by atoms with Crippen molar-refractivity contribution in [3.8, 4) is 0 Å². The maximum atomic E-state index is 12.2. The van der Waals surface area contributed by atoms with E-state index in [1.807, 2.05) is 0 Å². The Morgan fingerprint density at radius 1 is 1.13 bits per heavy atom. The molecule has 1 aliphatic rings. The minimum atomic E-state index is -0.239. The number of rotatable bonds is 7. The van der Waals surface area contributed by atoms with Gasteiger partial charge in [0.15, 0.2) is 5.82 Å². The van der Waals surface area contributed by atoms with E-state index in [9.17, 15) is 9.59 Å². The molecule has 7 nitrogen and oxygen atoms in total. The fraction of sp³-hybridized carbons (Fsp3) is 0.375. The standard InChI is InChI=1S/C16H17N3O4/c1-22-10-8-13-17-14(23-18-13)7-4-9-19-15(20)11-5-2-3-6-12(11)16(19)21/h2-3,5-6H,4,7-10H2,1H3. The van der Waals surface area contributed by atoms with Crippen LogP contribution in [0.2, 0.25) is 0 Å². The van der Waals surface area contributed by atoms with Crippen molar-refractivity contribution < 1.29 is 18.8 Å². The van der Waals surface area contributed by atoms with E-state index in [4.69, 9.17) is 9.26 Å². The van der Waals surface area contributed by atoms with Crippen molar-refractivity contribution >= 4 is 11.8 Å². The van der Waals surface area contributed by atoms with Gasteiger partial charge in [0.2, 0.25) is 5.89 Å². The Morgan fingerprint density at radius 3 is 2.48 bits per heavy atom. The highest BCUT2D eigenvalue weighted by atomic mass is 16.5. The molecule has 2 aromatic rings. The zero-order valence-electron chi connectivity index (χ0n) is 12.8. The fourth-order valence-corrected chi connectivity index (χ4v) is 2.52. The molecule has 23 heavy (non-hydrogen) atoms. The normalized spacial score (nSPS) is 13.7. The van der Waals surface area contributed by atoms with Crippen molar-refractivity contribution in [1.82, 2.24) is 15.0 Å². The van der Waals surface area contributed by atoms with E-state index in [-0.39, 0.29) is 11.8 Å². The molecule has 1 aromatic heterocycles. The molecule has 0 fully saturated rings. The first-order valence-corrected chi connectivity index (χ1v) is 7.46. The largest absolute Gasteiger partial charge is 0.384 e. The molecule has 0 bridgehead atoms. The van der Waals surface area contributed by atoms with E-state index in [1.54, 1.807) is 31.4 Å². The van der Waals surface area contributed by atoms with Gasteiger partial charge >= 0.3 is 0 Å². The van der Waals surface area contributed by atoms with E-state index < -0.39 is 0 Å². The number of nitrogens with zero attached hydrogens (tertiary/aromatic N) is 3. The monoisotopic (exact) mass is 315 g/mol. The van der Waals surface area contributed by atoms with Crippen LogP contribution in [0, 0.1) is 0 Å². The molecule has 0 spiro atoms. The molecule has 0 saturated carbocycles. The van der Waals surface area contributed by atoms with Crippen LogP contribution in [0.3, 0.4) is 0 Å². The highest BCUT2D eigenvalue weighted by Crippen LogP contribution is 2.22. The highest BCUT2D eigenvalue weighted by molar-refractivity contribution is 6.21. The first-order valence-electron chi connectivity index (χ1n) is 7.46. The molecular formula is C16H17N3O4. The molecular weight excluding hydrogens is 298 g/mol. The lowest BCUT2D eigenvalue weighted by molar-refractivity contribution is 0.0651. The van der Waals surface area contributed by atoms with Gasteiger partial charge in [-0.3, -0.25) is 14.5 Å². The van der Waals surface area contributed by atoms with Gasteiger partial charge in [0, 0.05) is 26.5 Å². The van der Waals surface area contributed by atoms with Crippen LogP contribution < -0.4 is 0 Å². The first kappa shape index (κ1) is 15.4. The summed E-state index contributed by atoms with van der Waals surface area (Å²) in [5, 5.41) is 3.85. The Kier molecular flexibility index (Phi) is 4.47. The van der Waals surface area contributed by atoms with E-state index in [0.717, 1.165) is 0 Å². The summed E-state index contributed by atoms with van der Waals surface area (Å²) in [6, 6.07) is 6.87. The Balaban J connectivity index is 1.55. The average molecular weight is 315 g/mol. The number of carbonyl (C=O) groups is 2. The molecule has 0 saturated heterocycles. The third kappa shape index (κ3) is 3.14. The Morgan fingerprint density at radius 2 is 1.83 bits per heavy atom. The third-order valence-electron chi connectivity index (χ3n) is 3.69. The summed E-state index contributed by atoms with van der Waals surface area (Å²) in [6.45, 7) is 0.871. The molecule has 1 aromatic carbocycles. The van der Waals surface area contributed by atoms with Crippen LogP contribution in [0.4, 0.5) is 0 Å². The number of imide groups is 1. The fourth-order valence-electron chi connectivity index (χ4n) is 2.52. The topological polar surface area (TPSA) is 85.5 Å². The first-order chi connectivity index (χ1) is 11.2. The molecule has 1 aliphatic heterocycles. The van der Waals surface area contributed by atoms with Gasteiger partial charge in [-0.1, -0.05) is 17.3 Å². The van der Waals surface area contributed by atoms with Gasteiger partial charge in [-0.2, -0.15) is 4.98 Å². The van der Waals surface area contributed by atoms with Crippen molar-refractivity contribution in [2.24, 2.45) is 0 Å². The van der Waals surface area contributed by atoms with Gasteiger partial charge in [0.05, 0.1) is 17.7 Å². The van der Waals surface area contributed by atoms with Crippen LogP contribution in [0.15, 0.2) is 28.8 Å². The van der Waals surface area contributed by atoms with E-state index in [0.29, 0.717) is 55.3 Å². The Labute approximate surface area is 133 Å². The number of hydrogen-bond acceptors (Lipinski definition) is 6. The molecule has 0 N–H and O–H groups in total. The van der Waals surface area contributed by atoms with Crippen LogP contribution >= 0.6 is 0 Å². The summed E-state index contributed by atoms with van der Waals surface area (Å²) in [5.41, 5.74) is 0.939. The summed E-state index contributed by atoms with van der Waals surface area (Å²) in [6.07, 6.45) is 1.70. The number of amides is 2. The summed E-state index contributed by atoms with van der Waals surface area (Å²) < 4.78 is 10.1. The molecule has 2 amide bonds. The van der Waals surface area contributed by atoms with Crippen molar-refractivity contribution in [3.05, 3.63) is 47.1 Å². The number of hydrogen-bond donors (Lipinski definition) is 0. The maximum Gasteiger partial charge on any atom is 0.261 e. The minimum absolute atomic E-state index is 0.239. The molecule has 2 heterocycles. The van der Waals surface area contributed by atoms with Crippen LogP contribution in [-0.2, 0) is 17.6 Å². The predicted molar refractivity (Wildman–Crippen MR) is 80.0 cm³/mol. The Bertz CT molecular complexity index is 691. The third-order valence-corrected chi connectivity index (χ3v) is 3.69. The Hall–Kier alpha value is -2.54. The van der Waals surface area contributed by atoms with Crippen molar-refractivity contribution in [1.29, 1.82) is 0 Å². The van der Waals surface area contributed by atoms with E-state index in [1.165, 1.54) is 4.90 Å².